The van der Waals surface area contributed by atoms with Gasteiger partial charge in [-0.2, -0.15) is 4.73 Å². The van der Waals surface area contributed by atoms with Gasteiger partial charge in [-0.15, -0.1) is 0 Å². The van der Waals surface area contributed by atoms with E-state index in [9.17, 15) is 10.3 Å². The Hall–Kier alpha value is -1.29. The summed E-state index contributed by atoms with van der Waals surface area (Å²) in [6.07, 6.45) is 1.29. The standard InChI is InChI=1S/C9H13NO3/c1-9(2,11)8-5-4-7(13-3)6-10(8)12/h4-6,11H,1-3H3. The number of methoxy groups -OCH3 is 1. The van der Waals surface area contributed by atoms with Gasteiger partial charge in [0.25, 0.3) is 0 Å². The Labute approximate surface area is 77.0 Å². The molecule has 0 amide bonds. The van der Waals surface area contributed by atoms with Crippen LogP contribution < -0.4 is 9.47 Å². The molecule has 0 aliphatic rings. The Kier molecular flexibility index (Phi) is 2.43. The van der Waals surface area contributed by atoms with Crippen molar-refractivity contribution in [2.24, 2.45) is 0 Å². The molecular weight excluding hydrogens is 170 g/mol. The van der Waals surface area contributed by atoms with E-state index in [1.54, 1.807) is 26.0 Å². The third-order valence-electron chi connectivity index (χ3n) is 1.75. The van der Waals surface area contributed by atoms with Crippen LogP contribution >= 0.6 is 0 Å². The highest BCUT2D eigenvalue weighted by atomic mass is 16.5. The number of hydrogen-bond donors (Lipinski definition) is 1. The minimum Gasteiger partial charge on any atom is -0.618 e. The van der Waals surface area contributed by atoms with Crippen LogP contribution in [0.1, 0.15) is 19.5 Å². The van der Waals surface area contributed by atoms with Crippen molar-refractivity contribution in [1.29, 1.82) is 0 Å². The number of ether oxygens (including phenoxy) is 1. The summed E-state index contributed by atoms with van der Waals surface area (Å²) in [5.74, 6) is 0.475. The molecule has 0 aliphatic heterocycles. The molecule has 1 heterocycles. The van der Waals surface area contributed by atoms with E-state index in [1.165, 1.54) is 13.3 Å². The molecule has 13 heavy (non-hydrogen) atoms. The molecule has 72 valence electrons. The first kappa shape index (κ1) is 9.80. The maximum absolute atomic E-state index is 11.3. The summed E-state index contributed by atoms with van der Waals surface area (Å²) in [5, 5.41) is 20.9. The number of nitrogens with zero attached hydrogens (tertiary/aromatic N) is 1. The van der Waals surface area contributed by atoms with Crippen molar-refractivity contribution < 1.29 is 14.6 Å². The summed E-state index contributed by atoms with van der Waals surface area (Å²) in [7, 11) is 1.49. The second-order valence-electron chi connectivity index (χ2n) is 3.34. The number of aromatic nitrogens is 1. The van der Waals surface area contributed by atoms with Gasteiger partial charge in [0.05, 0.1) is 7.11 Å². The Morgan fingerprint density at radius 1 is 1.46 bits per heavy atom. The van der Waals surface area contributed by atoms with Gasteiger partial charge in [-0.1, -0.05) is 0 Å². The summed E-state index contributed by atoms with van der Waals surface area (Å²) in [5.41, 5.74) is -0.832. The molecule has 0 bridgehead atoms. The molecule has 0 spiro atoms. The Bertz CT molecular complexity index is 304. The quantitative estimate of drug-likeness (QED) is 0.538. The molecule has 0 saturated carbocycles. The van der Waals surface area contributed by atoms with Crippen LogP contribution in [0.5, 0.6) is 5.75 Å². The van der Waals surface area contributed by atoms with Gasteiger partial charge in [0.1, 0.15) is 5.60 Å². The molecule has 1 N–H and O–H groups in total. The van der Waals surface area contributed by atoms with Crippen molar-refractivity contribution >= 4 is 0 Å². The van der Waals surface area contributed by atoms with E-state index in [0.29, 0.717) is 16.2 Å². The zero-order valence-corrected chi connectivity index (χ0v) is 7.94. The minimum absolute atomic E-state index is 0.299. The van der Waals surface area contributed by atoms with Crippen LogP contribution in [0.15, 0.2) is 18.3 Å². The Balaban J connectivity index is 3.13. The average Bonchev–Trinajstić information content (AvgIpc) is 2.01. The molecule has 1 aromatic rings. The normalized spacial score (nSPS) is 11.4. The smallest absolute Gasteiger partial charge is 0.224 e. The molecule has 4 heteroatoms. The number of aliphatic hydroxyl groups is 1. The van der Waals surface area contributed by atoms with Gasteiger partial charge in [-0.05, 0) is 19.9 Å². The van der Waals surface area contributed by atoms with E-state index in [0.717, 1.165) is 0 Å². The lowest BCUT2D eigenvalue weighted by atomic mass is 10.1. The van der Waals surface area contributed by atoms with Crippen LogP contribution in [0.3, 0.4) is 0 Å². The number of rotatable bonds is 2. The van der Waals surface area contributed by atoms with Crippen LogP contribution in [0.2, 0.25) is 0 Å². The van der Waals surface area contributed by atoms with Gasteiger partial charge in [0.2, 0.25) is 11.9 Å². The second kappa shape index (κ2) is 3.22. The zero-order chi connectivity index (χ0) is 10.1. The lowest BCUT2D eigenvalue weighted by molar-refractivity contribution is -0.622. The average molecular weight is 183 g/mol. The van der Waals surface area contributed by atoms with Crippen LogP contribution in [0, 0.1) is 5.21 Å². The monoisotopic (exact) mass is 183 g/mol. The lowest BCUT2D eigenvalue weighted by Crippen LogP contribution is -2.39. The molecule has 4 nitrogen and oxygen atoms in total. The van der Waals surface area contributed by atoms with Gasteiger partial charge in [0.15, 0.2) is 5.75 Å². The zero-order valence-electron chi connectivity index (χ0n) is 7.94. The number of hydrogen-bond acceptors (Lipinski definition) is 3. The number of pyridine rings is 1. The summed E-state index contributed by atoms with van der Waals surface area (Å²) < 4.78 is 5.47. The van der Waals surface area contributed by atoms with Crippen molar-refractivity contribution in [3.63, 3.8) is 0 Å². The van der Waals surface area contributed by atoms with Crippen LogP contribution in [-0.4, -0.2) is 12.2 Å². The molecular formula is C9H13NO3. The topological polar surface area (TPSA) is 56.4 Å². The fourth-order valence-electron chi connectivity index (χ4n) is 1.06. The first-order chi connectivity index (χ1) is 5.95. The molecule has 0 radical (unpaired) electrons. The first-order valence-electron chi connectivity index (χ1n) is 3.95. The molecule has 1 rings (SSSR count). The van der Waals surface area contributed by atoms with Gasteiger partial charge < -0.3 is 15.1 Å². The molecule has 0 fully saturated rings. The van der Waals surface area contributed by atoms with E-state index in [4.69, 9.17) is 4.74 Å². The minimum atomic E-state index is -1.13. The van der Waals surface area contributed by atoms with Crippen LogP contribution in [0.25, 0.3) is 0 Å². The molecule has 0 aliphatic carbocycles. The summed E-state index contributed by atoms with van der Waals surface area (Å²) >= 11 is 0. The highest BCUT2D eigenvalue weighted by molar-refractivity contribution is 5.17. The van der Waals surface area contributed by atoms with E-state index in [-0.39, 0.29) is 0 Å². The largest absolute Gasteiger partial charge is 0.618 e. The Morgan fingerprint density at radius 2 is 2.08 bits per heavy atom. The molecule has 0 aromatic carbocycles. The van der Waals surface area contributed by atoms with Crippen molar-refractivity contribution in [2.45, 2.75) is 19.4 Å². The maximum atomic E-state index is 11.3. The summed E-state index contributed by atoms with van der Waals surface area (Å²) in [6, 6.07) is 3.19. The third-order valence-corrected chi connectivity index (χ3v) is 1.75. The van der Waals surface area contributed by atoms with Crippen LogP contribution in [0.4, 0.5) is 0 Å². The van der Waals surface area contributed by atoms with E-state index in [1.807, 2.05) is 0 Å². The van der Waals surface area contributed by atoms with E-state index >= 15 is 0 Å². The maximum Gasteiger partial charge on any atom is 0.224 e. The summed E-state index contributed by atoms with van der Waals surface area (Å²) in [4.78, 5) is 0. The molecule has 0 atom stereocenters. The highest BCUT2D eigenvalue weighted by Gasteiger charge is 2.25. The van der Waals surface area contributed by atoms with Crippen molar-refractivity contribution in [3.05, 3.63) is 29.2 Å². The van der Waals surface area contributed by atoms with Crippen molar-refractivity contribution in [2.75, 3.05) is 7.11 Å². The van der Waals surface area contributed by atoms with Crippen molar-refractivity contribution in [1.82, 2.24) is 0 Å². The van der Waals surface area contributed by atoms with Gasteiger partial charge >= 0.3 is 0 Å². The fourth-order valence-corrected chi connectivity index (χ4v) is 1.06. The second-order valence-corrected chi connectivity index (χ2v) is 3.34. The highest BCUT2D eigenvalue weighted by Crippen LogP contribution is 2.17. The molecule has 0 unspecified atom stereocenters. The predicted octanol–water partition coefficient (Wildman–Crippen LogP) is 0.556. The third kappa shape index (κ3) is 2.09. The lowest BCUT2D eigenvalue weighted by Gasteiger charge is -2.16. The van der Waals surface area contributed by atoms with E-state index in [2.05, 4.69) is 0 Å². The summed E-state index contributed by atoms with van der Waals surface area (Å²) in [6.45, 7) is 3.12. The van der Waals surface area contributed by atoms with E-state index < -0.39 is 5.60 Å². The SMILES string of the molecule is COc1ccc(C(C)(C)O)[n+]([O-])c1. The Morgan fingerprint density at radius 3 is 2.46 bits per heavy atom. The fraction of sp³-hybridized carbons (Fsp3) is 0.444. The van der Waals surface area contributed by atoms with Gasteiger partial charge in [-0.3, -0.25) is 0 Å². The first-order valence-corrected chi connectivity index (χ1v) is 3.95. The van der Waals surface area contributed by atoms with Gasteiger partial charge in [0, 0.05) is 6.07 Å². The van der Waals surface area contributed by atoms with Gasteiger partial charge in [-0.25, -0.2) is 0 Å². The van der Waals surface area contributed by atoms with Crippen molar-refractivity contribution in [3.8, 4) is 5.75 Å². The predicted molar refractivity (Wildman–Crippen MR) is 47.2 cm³/mol. The molecule has 0 saturated heterocycles. The van der Waals surface area contributed by atoms with Crippen LogP contribution in [-0.2, 0) is 5.60 Å². The molecule has 1 aromatic heterocycles.